The molecule has 0 atom stereocenters. The second-order valence-corrected chi connectivity index (χ2v) is 4.12. The number of aromatic carboxylic acids is 1. The van der Waals surface area contributed by atoms with Crippen LogP contribution in [-0.4, -0.2) is 45.3 Å². The van der Waals surface area contributed by atoms with Crippen LogP contribution in [0.3, 0.4) is 0 Å². The number of aliphatic hydroxyl groups excluding tert-OH is 1. The van der Waals surface area contributed by atoms with E-state index in [1.807, 2.05) is 4.90 Å². The van der Waals surface area contributed by atoms with Gasteiger partial charge in [-0.15, -0.1) is 0 Å². The van der Waals surface area contributed by atoms with Gasteiger partial charge in [0.1, 0.15) is 0 Å². The molecule has 1 heterocycles. The first-order chi connectivity index (χ1) is 8.13. The quantitative estimate of drug-likeness (QED) is 0.773. The van der Waals surface area contributed by atoms with Crippen molar-refractivity contribution in [3.63, 3.8) is 0 Å². The summed E-state index contributed by atoms with van der Waals surface area (Å²) in [7, 11) is 0. The molecule has 0 radical (unpaired) electrons. The average molecular weight is 237 g/mol. The number of carboxylic acids is 1. The maximum atomic E-state index is 10.8. The topological polar surface area (TPSA) is 86.5 Å². The fraction of sp³-hybridized carbons (Fsp3) is 0.545. The largest absolute Gasteiger partial charge is 0.478 e. The van der Waals surface area contributed by atoms with Crippen molar-refractivity contribution in [1.82, 2.24) is 9.97 Å². The Morgan fingerprint density at radius 3 is 2.76 bits per heavy atom. The molecule has 2 N–H and O–H groups in total. The van der Waals surface area contributed by atoms with Gasteiger partial charge in [0, 0.05) is 18.8 Å². The number of anilines is 1. The predicted molar refractivity (Wildman–Crippen MR) is 61.2 cm³/mol. The van der Waals surface area contributed by atoms with Crippen LogP contribution < -0.4 is 4.90 Å². The van der Waals surface area contributed by atoms with Crippen LogP contribution >= 0.6 is 0 Å². The molecule has 0 amide bonds. The van der Waals surface area contributed by atoms with Crippen molar-refractivity contribution in [2.24, 2.45) is 0 Å². The van der Waals surface area contributed by atoms with Crippen LogP contribution in [0.1, 0.15) is 28.9 Å². The van der Waals surface area contributed by atoms with Crippen molar-refractivity contribution in [2.75, 3.05) is 18.1 Å². The van der Waals surface area contributed by atoms with Crippen molar-refractivity contribution in [3.05, 3.63) is 17.5 Å². The highest BCUT2D eigenvalue weighted by atomic mass is 16.4. The number of nitrogens with zero attached hydrogens (tertiary/aromatic N) is 3. The second kappa shape index (κ2) is 4.67. The lowest BCUT2D eigenvalue weighted by molar-refractivity contribution is 0.0695. The molecule has 1 aliphatic rings. The van der Waals surface area contributed by atoms with Gasteiger partial charge >= 0.3 is 5.97 Å². The summed E-state index contributed by atoms with van der Waals surface area (Å²) in [5.74, 6) is -0.516. The number of rotatable bonds is 5. The molecule has 0 aliphatic heterocycles. The fourth-order valence-electron chi connectivity index (χ4n) is 1.74. The van der Waals surface area contributed by atoms with Gasteiger partial charge in [-0.2, -0.15) is 0 Å². The highest BCUT2D eigenvalue weighted by Crippen LogP contribution is 2.29. The van der Waals surface area contributed by atoms with Gasteiger partial charge in [0.05, 0.1) is 17.9 Å². The van der Waals surface area contributed by atoms with Gasteiger partial charge in [-0.3, -0.25) is 0 Å². The number of hydrogen-bond donors (Lipinski definition) is 2. The van der Waals surface area contributed by atoms with E-state index in [9.17, 15) is 4.79 Å². The monoisotopic (exact) mass is 237 g/mol. The van der Waals surface area contributed by atoms with E-state index < -0.39 is 5.97 Å². The fourth-order valence-corrected chi connectivity index (χ4v) is 1.74. The zero-order valence-electron chi connectivity index (χ0n) is 9.63. The first-order valence-electron chi connectivity index (χ1n) is 5.58. The Morgan fingerprint density at radius 1 is 1.59 bits per heavy atom. The number of carboxylic acid groups (broad SMARTS) is 1. The van der Waals surface area contributed by atoms with Gasteiger partial charge in [0.25, 0.3) is 0 Å². The molecule has 1 saturated carbocycles. The molecule has 1 fully saturated rings. The molecule has 0 saturated heterocycles. The van der Waals surface area contributed by atoms with Crippen molar-refractivity contribution in [2.45, 2.75) is 25.8 Å². The Balaban J connectivity index is 2.25. The highest BCUT2D eigenvalue weighted by Gasteiger charge is 2.30. The maximum absolute atomic E-state index is 10.8. The Kier molecular flexibility index (Phi) is 3.23. The minimum atomic E-state index is -1.02. The van der Waals surface area contributed by atoms with E-state index in [4.69, 9.17) is 10.2 Å². The van der Waals surface area contributed by atoms with Crippen LogP contribution in [0.2, 0.25) is 0 Å². The Bertz CT molecular complexity index is 432. The van der Waals surface area contributed by atoms with Gasteiger partial charge in [-0.05, 0) is 19.8 Å². The summed E-state index contributed by atoms with van der Waals surface area (Å²) in [5, 5.41) is 17.9. The van der Waals surface area contributed by atoms with Crippen molar-refractivity contribution in [3.8, 4) is 0 Å². The summed E-state index contributed by atoms with van der Waals surface area (Å²) in [6.07, 6.45) is 3.47. The number of aryl methyl sites for hydroxylation is 1. The summed E-state index contributed by atoms with van der Waals surface area (Å²) in [6, 6.07) is 0.386. The van der Waals surface area contributed by atoms with Gasteiger partial charge in [-0.25, -0.2) is 14.8 Å². The second-order valence-electron chi connectivity index (χ2n) is 4.12. The predicted octanol–water partition coefficient (Wildman–Crippen LogP) is 0.444. The third kappa shape index (κ3) is 2.52. The Hall–Kier alpha value is -1.69. The standard InChI is InChI=1S/C11H15N3O3/c1-7-9(10(16)17)6-12-11(13-7)14(4-5-15)8-2-3-8/h6,8,15H,2-5H2,1H3,(H,16,17). The highest BCUT2D eigenvalue weighted by molar-refractivity contribution is 5.88. The Labute approximate surface area is 98.9 Å². The van der Waals surface area contributed by atoms with Gasteiger partial charge in [0.2, 0.25) is 5.95 Å². The zero-order valence-corrected chi connectivity index (χ0v) is 9.63. The SMILES string of the molecule is Cc1nc(N(CCO)C2CC2)ncc1C(=O)O. The third-order valence-corrected chi connectivity index (χ3v) is 2.78. The lowest BCUT2D eigenvalue weighted by Gasteiger charge is -2.21. The van der Waals surface area contributed by atoms with E-state index in [-0.39, 0.29) is 12.2 Å². The molecule has 0 aromatic carbocycles. The molecule has 0 bridgehead atoms. The van der Waals surface area contributed by atoms with Gasteiger partial charge in [-0.1, -0.05) is 0 Å². The lowest BCUT2D eigenvalue weighted by Crippen LogP contribution is -2.31. The van der Waals surface area contributed by atoms with Crippen molar-refractivity contribution in [1.29, 1.82) is 0 Å². The smallest absolute Gasteiger partial charge is 0.339 e. The molecule has 1 aromatic heterocycles. The van der Waals surface area contributed by atoms with Crippen molar-refractivity contribution >= 4 is 11.9 Å². The third-order valence-electron chi connectivity index (χ3n) is 2.78. The van der Waals surface area contributed by atoms with E-state index >= 15 is 0 Å². The molecule has 1 aromatic rings. The average Bonchev–Trinajstić information content (AvgIpc) is 3.09. The maximum Gasteiger partial charge on any atom is 0.339 e. The summed E-state index contributed by atoms with van der Waals surface area (Å²) in [5.41, 5.74) is 0.569. The lowest BCUT2D eigenvalue weighted by atomic mass is 10.2. The molecular weight excluding hydrogens is 222 g/mol. The van der Waals surface area contributed by atoms with Crippen LogP contribution in [0, 0.1) is 6.92 Å². The molecule has 17 heavy (non-hydrogen) atoms. The molecule has 0 unspecified atom stereocenters. The van der Waals surface area contributed by atoms with Crippen LogP contribution in [0.25, 0.3) is 0 Å². The molecule has 1 aliphatic carbocycles. The minimum Gasteiger partial charge on any atom is -0.478 e. The molecule has 0 spiro atoms. The van der Waals surface area contributed by atoms with E-state index in [0.29, 0.717) is 24.2 Å². The summed E-state index contributed by atoms with van der Waals surface area (Å²) < 4.78 is 0. The van der Waals surface area contributed by atoms with Crippen molar-refractivity contribution < 1.29 is 15.0 Å². The van der Waals surface area contributed by atoms with E-state index in [1.165, 1.54) is 6.20 Å². The number of hydrogen-bond acceptors (Lipinski definition) is 5. The van der Waals surface area contributed by atoms with E-state index in [2.05, 4.69) is 9.97 Å². The summed E-state index contributed by atoms with van der Waals surface area (Å²) >= 11 is 0. The van der Waals surface area contributed by atoms with Gasteiger partial charge in [0.15, 0.2) is 0 Å². The minimum absolute atomic E-state index is 0.0413. The van der Waals surface area contributed by atoms with Crippen LogP contribution in [0.15, 0.2) is 6.20 Å². The van der Waals surface area contributed by atoms with Crippen LogP contribution in [0.5, 0.6) is 0 Å². The number of aliphatic hydroxyl groups is 1. The van der Waals surface area contributed by atoms with E-state index in [0.717, 1.165) is 12.8 Å². The Morgan fingerprint density at radius 2 is 2.29 bits per heavy atom. The summed E-state index contributed by atoms with van der Waals surface area (Å²) in [6.45, 7) is 2.18. The van der Waals surface area contributed by atoms with Gasteiger partial charge < -0.3 is 15.1 Å². The van der Waals surface area contributed by atoms with Crippen LogP contribution in [-0.2, 0) is 0 Å². The first-order valence-corrected chi connectivity index (χ1v) is 5.58. The molecule has 2 rings (SSSR count). The molecule has 92 valence electrons. The molecular formula is C11H15N3O3. The number of carbonyl (C=O) groups is 1. The van der Waals surface area contributed by atoms with Crippen LogP contribution in [0.4, 0.5) is 5.95 Å². The first kappa shape index (κ1) is 11.8. The number of aromatic nitrogens is 2. The molecule has 6 nitrogen and oxygen atoms in total. The molecule has 6 heteroatoms. The zero-order chi connectivity index (χ0) is 12.4. The summed E-state index contributed by atoms with van der Waals surface area (Å²) in [4.78, 5) is 21.0. The normalized spacial score (nSPS) is 14.7. The van der Waals surface area contributed by atoms with E-state index in [1.54, 1.807) is 6.92 Å².